The predicted octanol–water partition coefficient (Wildman–Crippen LogP) is 2.97. The number of nitrogens with zero attached hydrogens (tertiary/aromatic N) is 3. The van der Waals surface area contributed by atoms with Crippen molar-refractivity contribution in [3.05, 3.63) is 35.8 Å². The van der Waals surface area contributed by atoms with Crippen LogP contribution >= 0.6 is 24.0 Å². The highest BCUT2D eigenvalue weighted by Gasteiger charge is 2.09. The van der Waals surface area contributed by atoms with E-state index in [2.05, 4.69) is 60.4 Å². The van der Waals surface area contributed by atoms with Crippen molar-refractivity contribution in [3.8, 4) is 0 Å². The number of rotatable bonds is 4. The molecule has 122 valence electrons. The molecule has 6 heteroatoms. The van der Waals surface area contributed by atoms with Gasteiger partial charge in [-0.3, -0.25) is 4.99 Å². The zero-order valence-electron chi connectivity index (χ0n) is 13.9. The summed E-state index contributed by atoms with van der Waals surface area (Å²) in [6.45, 7) is 9.27. The van der Waals surface area contributed by atoms with E-state index < -0.39 is 0 Å². The fourth-order valence-electron chi connectivity index (χ4n) is 1.97. The molecule has 1 unspecified atom stereocenters. The molecule has 0 aliphatic rings. The molecule has 0 aromatic carbocycles. The average molecular weight is 415 g/mol. The molecule has 5 nitrogen and oxygen atoms in total. The van der Waals surface area contributed by atoms with Crippen molar-refractivity contribution in [2.45, 2.75) is 40.3 Å². The Morgan fingerprint density at radius 1 is 1.36 bits per heavy atom. The Morgan fingerprint density at radius 3 is 2.73 bits per heavy atom. The van der Waals surface area contributed by atoms with Crippen LogP contribution in [0.2, 0.25) is 0 Å². The minimum absolute atomic E-state index is 0. The van der Waals surface area contributed by atoms with Gasteiger partial charge in [-0.2, -0.15) is 0 Å². The maximum Gasteiger partial charge on any atom is 0.191 e. The molecule has 0 spiro atoms. The number of pyridine rings is 1. The molecule has 0 aliphatic carbocycles. The smallest absolute Gasteiger partial charge is 0.191 e. The molecule has 0 radical (unpaired) electrons. The summed E-state index contributed by atoms with van der Waals surface area (Å²) in [6.07, 6.45) is 4.08. The Morgan fingerprint density at radius 2 is 2.09 bits per heavy atom. The molecule has 2 rings (SSSR count). The Labute approximate surface area is 149 Å². The normalized spacial score (nSPS) is 13.1. The van der Waals surface area contributed by atoms with Gasteiger partial charge >= 0.3 is 0 Å². The summed E-state index contributed by atoms with van der Waals surface area (Å²) in [4.78, 5) is 8.87. The molecule has 0 fully saturated rings. The molecule has 0 saturated heterocycles. The Bertz CT molecular complexity index is 632. The van der Waals surface area contributed by atoms with E-state index >= 15 is 0 Å². The third kappa shape index (κ3) is 4.86. The van der Waals surface area contributed by atoms with E-state index in [4.69, 9.17) is 0 Å². The summed E-state index contributed by atoms with van der Waals surface area (Å²) in [6, 6.07) is 4.54. The summed E-state index contributed by atoms with van der Waals surface area (Å²) in [5.74, 6) is 1.37. The first-order valence-corrected chi connectivity index (χ1v) is 7.41. The number of guanidine groups is 1. The van der Waals surface area contributed by atoms with E-state index in [0.717, 1.165) is 17.3 Å². The van der Waals surface area contributed by atoms with E-state index in [9.17, 15) is 0 Å². The third-order valence-corrected chi connectivity index (χ3v) is 3.69. The van der Waals surface area contributed by atoms with E-state index in [1.807, 2.05) is 16.8 Å². The van der Waals surface area contributed by atoms with E-state index in [-0.39, 0.29) is 24.0 Å². The average Bonchev–Trinajstić information content (AvgIpc) is 2.84. The topological polar surface area (TPSA) is 53.7 Å². The molecular formula is C16H26IN5. The summed E-state index contributed by atoms with van der Waals surface area (Å²) >= 11 is 0. The molecular weight excluding hydrogens is 389 g/mol. The number of nitrogens with one attached hydrogen (secondary N) is 2. The Balaban J connectivity index is 0.00000242. The molecule has 2 N–H and O–H groups in total. The van der Waals surface area contributed by atoms with Crippen LogP contribution in [-0.4, -0.2) is 28.4 Å². The summed E-state index contributed by atoms with van der Waals surface area (Å²) in [7, 11) is 1.79. The number of fused-ring (bicyclic) bond motifs is 1. The van der Waals surface area contributed by atoms with E-state index in [1.54, 1.807) is 7.05 Å². The fourth-order valence-corrected chi connectivity index (χ4v) is 1.97. The van der Waals surface area contributed by atoms with Crippen LogP contribution in [0.5, 0.6) is 0 Å². The monoisotopic (exact) mass is 415 g/mol. The van der Waals surface area contributed by atoms with Crippen molar-refractivity contribution in [2.24, 2.45) is 10.9 Å². The van der Waals surface area contributed by atoms with Gasteiger partial charge in [0, 0.05) is 25.5 Å². The first-order valence-electron chi connectivity index (χ1n) is 7.41. The SMILES string of the molecule is CN=C(NCc1cn2ccc(C)cc2n1)NC(C)C(C)C.I. The highest BCUT2D eigenvalue weighted by molar-refractivity contribution is 14.0. The van der Waals surface area contributed by atoms with Crippen molar-refractivity contribution in [3.63, 3.8) is 0 Å². The number of halogens is 1. The minimum Gasteiger partial charge on any atom is -0.354 e. The molecule has 2 aromatic heterocycles. The molecule has 0 aliphatic heterocycles. The highest BCUT2D eigenvalue weighted by atomic mass is 127. The second-order valence-electron chi connectivity index (χ2n) is 5.80. The van der Waals surface area contributed by atoms with Crippen LogP contribution in [0.1, 0.15) is 32.0 Å². The maximum absolute atomic E-state index is 4.61. The number of hydrogen-bond acceptors (Lipinski definition) is 2. The number of hydrogen-bond donors (Lipinski definition) is 2. The lowest BCUT2D eigenvalue weighted by molar-refractivity contribution is 0.480. The molecule has 2 heterocycles. The largest absolute Gasteiger partial charge is 0.354 e. The lowest BCUT2D eigenvalue weighted by Crippen LogP contribution is -2.43. The van der Waals surface area contributed by atoms with Crippen LogP contribution in [0.15, 0.2) is 29.5 Å². The molecule has 0 bridgehead atoms. The number of aromatic nitrogens is 2. The van der Waals surface area contributed by atoms with Gasteiger partial charge in [0.2, 0.25) is 0 Å². The number of aliphatic imine (C=N–C) groups is 1. The van der Waals surface area contributed by atoms with Gasteiger partial charge < -0.3 is 15.0 Å². The molecule has 1 atom stereocenters. The zero-order valence-corrected chi connectivity index (χ0v) is 16.3. The van der Waals surface area contributed by atoms with Gasteiger partial charge in [0.15, 0.2) is 5.96 Å². The summed E-state index contributed by atoms with van der Waals surface area (Å²) < 4.78 is 2.04. The standard InChI is InChI=1S/C16H25N5.HI/c1-11(2)13(4)19-16(17-5)18-9-14-10-21-7-6-12(3)8-15(21)20-14;/h6-8,10-11,13H,9H2,1-5H3,(H2,17,18,19);1H. The quantitative estimate of drug-likeness (QED) is 0.459. The lowest BCUT2D eigenvalue weighted by atomic mass is 10.1. The Hall–Kier alpha value is -1.31. The predicted molar refractivity (Wildman–Crippen MR) is 103 cm³/mol. The van der Waals surface area contributed by atoms with E-state index in [0.29, 0.717) is 18.5 Å². The molecule has 0 amide bonds. The Kier molecular flexibility index (Phi) is 7.12. The van der Waals surface area contributed by atoms with E-state index in [1.165, 1.54) is 5.56 Å². The maximum atomic E-state index is 4.61. The van der Waals surface area contributed by atoms with Crippen LogP contribution < -0.4 is 10.6 Å². The number of aryl methyl sites for hydroxylation is 1. The van der Waals surface area contributed by atoms with Gasteiger partial charge in [-0.1, -0.05) is 13.8 Å². The fraction of sp³-hybridized carbons (Fsp3) is 0.500. The van der Waals surface area contributed by atoms with Gasteiger partial charge in [-0.25, -0.2) is 4.98 Å². The second-order valence-corrected chi connectivity index (χ2v) is 5.80. The van der Waals surface area contributed by atoms with Crippen LogP contribution in [0.3, 0.4) is 0 Å². The van der Waals surface area contributed by atoms with Gasteiger partial charge in [-0.05, 0) is 37.5 Å². The second kappa shape index (κ2) is 8.36. The van der Waals surface area contributed by atoms with Crippen LogP contribution in [-0.2, 0) is 6.54 Å². The molecule has 0 saturated carbocycles. The van der Waals surface area contributed by atoms with Crippen molar-refractivity contribution < 1.29 is 0 Å². The van der Waals surface area contributed by atoms with Gasteiger partial charge in [0.1, 0.15) is 5.65 Å². The van der Waals surface area contributed by atoms with Crippen molar-refractivity contribution in [2.75, 3.05) is 7.05 Å². The summed E-state index contributed by atoms with van der Waals surface area (Å²) in [5.41, 5.74) is 3.20. The minimum atomic E-state index is 0. The highest BCUT2D eigenvalue weighted by Crippen LogP contribution is 2.07. The summed E-state index contributed by atoms with van der Waals surface area (Å²) in [5, 5.41) is 6.69. The van der Waals surface area contributed by atoms with Crippen molar-refractivity contribution in [1.82, 2.24) is 20.0 Å². The van der Waals surface area contributed by atoms with Crippen molar-refractivity contribution >= 4 is 35.6 Å². The van der Waals surface area contributed by atoms with Crippen molar-refractivity contribution in [1.29, 1.82) is 0 Å². The van der Waals surface area contributed by atoms with Crippen LogP contribution in [0, 0.1) is 12.8 Å². The van der Waals surface area contributed by atoms with Gasteiger partial charge in [0.05, 0.1) is 12.2 Å². The first kappa shape index (κ1) is 18.7. The van der Waals surface area contributed by atoms with Gasteiger partial charge in [-0.15, -0.1) is 24.0 Å². The molecule has 22 heavy (non-hydrogen) atoms. The third-order valence-electron chi connectivity index (χ3n) is 3.69. The lowest BCUT2D eigenvalue weighted by Gasteiger charge is -2.20. The van der Waals surface area contributed by atoms with Crippen LogP contribution in [0.4, 0.5) is 0 Å². The zero-order chi connectivity index (χ0) is 15.4. The first-order chi connectivity index (χ1) is 9.99. The number of imidazole rings is 1. The molecule has 2 aromatic rings. The van der Waals surface area contributed by atoms with Crippen LogP contribution in [0.25, 0.3) is 5.65 Å². The van der Waals surface area contributed by atoms with Gasteiger partial charge in [0.25, 0.3) is 0 Å².